The van der Waals surface area contributed by atoms with E-state index in [4.69, 9.17) is 0 Å². The normalized spacial score (nSPS) is 14.9. The smallest absolute Gasteiger partial charge is 0.279 e. The zero-order valence-corrected chi connectivity index (χ0v) is 10.4. The first kappa shape index (κ1) is 13.8. The SMILES string of the molecule is CN(C)S(=O)(=O)NC(C)(C)C(C)(C)O. The van der Waals surface area contributed by atoms with Crippen LogP contribution in [0.15, 0.2) is 0 Å². The number of rotatable bonds is 4. The van der Waals surface area contributed by atoms with Gasteiger partial charge in [0.15, 0.2) is 0 Å². The van der Waals surface area contributed by atoms with Crippen molar-refractivity contribution in [1.29, 1.82) is 0 Å². The molecular weight excluding hydrogens is 204 g/mol. The third-order valence-electron chi connectivity index (χ3n) is 2.39. The average molecular weight is 224 g/mol. The Morgan fingerprint density at radius 2 is 1.50 bits per heavy atom. The molecule has 0 saturated heterocycles. The third-order valence-corrected chi connectivity index (χ3v) is 4.12. The van der Waals surface area contributed by atoms with Gasteiger partial charge in [0.2, 0.25) is 0 Å². The van der Waals surface area contributed by atoms with Crippen molar-refractivity contribution in [3.05, 3.63) is 0 Å². The van der Waals surface area contributed by atoms with Crippen molar-refractivity contribution in [2.75, 3.05) is 14.1 Å². The summed E-state index contributed by atoms with van der Waals surface area (Å²) in [5.74, 6) is 0. The van der Waals surface area contributed by atoms with Gasteiger partial charge in [-0.1, -0.05) is 0 Å². The molecule has 5 nitrogen and oxygen atoms in total. The molecule has 6 heteroatoms. The molecule has 0 spiro atoms. The van der Waals surface area contributed by atoms with Gasteiger partial charge in [0.05, 0.1) is 11.1 Å². The van der Waals surface area contributed by atoms with Crippen LogP contribution in [-0.4, -0.2) is 43.1 Å². The number of nitrogens with zero attached hydrogens (tertiary/aromatic N) is 1. The van der Waals surface area contributed by atoms with E-state index in [-0.39, 0.29) is 0 Å². The standard InChI is InChI=1S/C8H20N2O3S/c1-7(2,8(3,4)11)9-14(12,13)10(5)6/h9,11H,1-6H3. The van der Waals surface area contributed by atoms with Crippen LogP contribution in [0, 0.1) is 0 Å². The average Bonchev–Trinajstić information content (AvgIpc) is 1.80. The monoisotopic (exact) mass is 224 g/mol. The van der Waals surface area contributed by atoms with Crippen LogP contribution in [0.1, 0.15) is 27.7 Å². The highest BCUT2D eigenvalue weighted by molar-refractivity contribution is 7.87. The quantitative estimate of drug-likeness (QED) is 0.702. The zero-order chi connectivity index (χ0) is 11.8. The fourth-order valence-electron chi connectivity index (χ4n) is 0.539. The topological polar surface area (TPSA) is 69.6 Å². The van der Waals surface area contributed by atoms with Crippen molar-refractivity contribution in [1.82, 2.24) is 9.03 Å². The molecule has 0 aromatic carbocycles. The van der Waals surface area contributed by atoms with E-state index in [0.29, 0.717) is 0 Å². The maximum Gasteiger partial charge on any atom is 0.279 e. The third kappa shape index (κ3) is 3.20. The lowest BCUT2D eigenvalue weighted by molar-refractivity contribution is 0.00583. The van der Waals surface area contributed by atoms with Gasteiger partial charge in [0, 0.05) is 14.1 Å². The van der Waals surface area contributed by atoms with Gasteiger partial charge in [-0.15, -0.1) is 0 Å². The number of aliphatic hydroxyl groups is 1. The van der Waals surface area contributed by atoms with Gasteiger partial charge in [-0.3, -0.25) is 0 Å². The summed E-state index contributed by atoms with van der Waals surface area (Å²) in [4.78, 5) is 0. The van der Waals surface area contributed by atoms with E-state index in [9.17, 15) is 13.5 Å². The molecule has 0 aliphatic rings. The molecule has 0 amide bonds. The highest BCUT2D eigenvalue weighted by Crippen LogP contribution is 2.21. The van der Waals surface area contributed by atoms with Crippen LogP contribution in [0.3, 0.4) is 0 Å². The molecule has 0 aliphatic carbocycles. The lowest BCUT2D eigenvalue weighted by atomic mass is 9.87. The largest absolute Gasteiger partial charge is 0.389 e. The van der Waals surface area contributed by atoms with E-state index in [1.165, 1.54) is 14.1 Å². The maximum absolute atomic E-state index is 11.5. The van der Waals surface area contributed by atoms with Gasteiger partial charge in [0.1, 0.15) is 0 Å². The van der Waals surface area contributed by atoms with E-state index >= 15 is 0 Å². The predicted octanol–water partition coefficient (Wildman–Crippen LogP) is -0.0681. The van der Waals surface area contributed by atoms with Crippen molar-refractivity contribution in [3.63, 3.8) is 0 Å². The minimum atomic E-state index is -3.52. The lowest BCUT2D eigenvalue weighted by Gasteiger charge is -2.38. The fourth-order valence-corrected chi connectivity index (χ4v) is 1.62. The van der Waals surface area contributed by atoms with Crippen LogP contribution in [0.5, 0.6) is 0 Å². The molecular formula is C8H20N2O3S. The first-order chi connectivity index (χ1) is 5.90. The van der Waals surface area contributed by atoms with Crippen LogP contribution < -0.4 is 4.72 Å². The Kier molecular flexibility index (Phi) is 3.72. The van der Waals surface area contributed by atoms with Crippen molar-refractivity contribution >= 4 is 10.2 Å². The highest BCUT2D eigenvalue weighted by Gasteiger charge is 2.38. The van der Waals surface area contributed by atoms with E-state index in [1.807, 2.05) is 0 Å². The molecule has 0 fully saturated rings. The second kappa shape index (κ2) is 3.77. The molecule has 0 saturated carbocycles. The van der Waals surface area contributed by atoms with Gasteiger partial charge >= 0.3 is 0 Å². The second-order valence-corrected chi connectivity index (χ2v) is 6.46. The number of nitrogens with one attached hydrogen (secondary N) is 1. The molecule has 0 bridgehead atoms. The summed E-state index contributed by atoms with van der Waals surface area (Å²) < 4.78 is 26.5. The summed E-state index contributed by atoms with van der Waals surface area (Å²) in [6.07, 6.45) is 0. The van der Waals surface area contributed by atoms with Crippen LogP contribution >= 0.6 is 0 Å². The molecule has 0 radical (unpaired) electrons. The number of hydrogen-bond donors (Lipinski definition) is 2. The van der Waals surface area contributed by atoms with Crippen LogP contribution in [-0.2, 0) is 10.2 Å². The van der Waals surface area contributed by atoms with Crippen molar-refractivity contribution in [2.45, 2.75) is 38.8 Å². The molecule has 0 rings (SSSR count). The Balaban J connectivity index is 4.87. The molecule has 0 heterocycles. The molecule has 0 aromatic rings. The summed E-state index contributed by atoms with van der Waals surface area (Å²) in [6.45, 7) is 6.39. The summed E-state index contributed by atoms with van der Waals surface area (Å²) in [7, 11) is -0.649. The summed E-state index contributed by atoms with van der Waals surface area (Å²) in [6, 6.07) is 0. The van der Waals surface area contributed by atoms with Crippen molar-refractivity contribution in [2.24, 2.45) is 0 Å². The molecule has 0 unspecified atom stereocenters. The molecule has 2 N–H and O–H groups in total. The van der Waals surface area contributed by atoms with Gasteiger partial charge < -0.3 is 5.11 Å². The minimum Gasteiger partial charge on any atom is -0.389 e. The summed E-state index contributed by atoms with van der Waals surface area (Å²) in [5, 5.41) is 9.75. The maximum atomic E-state index is 11.5. The molecule has 0 aliphatic heterocycles. The Labute approximate surface area is 86.3 Å². The Hall–Kier alpha value is -0.170. The first-order valence-electron chi connectivity index (χ1n) is 4.34. The van der Waals surface area contributed by atoms with E-state index in [1.54, 1.807) is 27.7 Å². The lowest BCUT2D eigenvalue weighted by Crippen LogP contribution is -2.59. The molecule has 86 valence electrons. The zero-order valence-electron chi connectivity index (χ0n) is 9.62. The summed E-state index contributed by atoms with van der Waals surface area (Å²) >= 11 is 0. The van der Waals surface area contributed by atoms with Crippen molar-refractivity contribution in [3.8, 4) is 0 Å². The van der Waals surface area contributed by atoms with Crippen LogP contribution in [0.4, 0.5) is 0 Å². The van der Waals surface area contributed by atoms with Gasteiger partial charge in [-0.2, -0.15) is 17.4 Å². The summed E-state index contributed by atoms with van der Waals surface area (Å²) in [5.41, 5.74) is -2.05. The molecule has 14 heavy (non-hydrogen) atoms. The highest BCUT2D eigenvalue weighted by atomic mass is 32.2. The van der Waals surface area contributed by atoms with E-state index < -0.39 is 21.3 Å². The van der Waals surface area contributed by atoms with Gasteiger partial charge in [-0.05, 0) is 27.7 Å². The molecule has 0 atom stereocenters. The van der Waals surface area contributed by atoms with E-state index in [0.717, 1.165) is 4.31 Å². The predicted molar refractivity (Wildman–Crippen MR) is 56.1 cm³/mol. The molecule has 0 aromatic heterocycles. The minimum absolute atomic E-state index is 0.921. The van der Waals surface area contributed by atoms with Gasteiger partial charge in [-0.25, -0.2) is 0 Å². The van der Waals surface area contributed by atoms with Crippen molar-refractivity contribution < 1.29 is 13.5 Å². The van der Waals surface area contributed by atoms with Crippen LogP contribution in [0.2, 0.25) is 0 Å². The number of hydrogen-bond acceptors (Lipinski definition) is 3. The Bertz CT molecular complexity index is 288. The van der Waals surface area contributed by atoms with Crippen LogP contribution in [0.25, 0.3) is 0 Å². The van der Waals surface area contributed by atoms with Gasteiger partial charge in [0.25, 0.3) is 10.2 Å². The van der Waals surface area contributed by atoms with E-state index in [2.05, 4.69) is 4.72 Å². The Morgan fingerprint density at radius 3 is 1.71 bits per heavy atom. The first-order valence-corrected chi connectivity index (χ1v) is 5.78. The Morgan fingerprint density at radius 1 is 1.14 bits per heavy atom. The second-order valence-electron chi connectivity index (χ2n) is 4.57. The fraction of sp³-hybridized carbons (Fsp3) is 1.00.